The maximum Gasteiger partial charge on any atom is 0.194 e. The fourth-order valence-corrected chi connectivity index (χ4v) is 2.29. The molecule has 0 heterocycles. The van der Waals surface area contributed by atoms with Crippen LogP contribution in [0.4, 0.5) is 13.2 Å². The van der Waals surface area contributed by atoms with Gasteiger partial charge in [-0.2, -0.15) is 0 Å². The lowest BCUT2D eigenvalue weighted by molar-refractivity contribution is 0.212. The molecule has 1 unspecified atom stereocenters. The molecule has 0 aliphatic rings. The first-order valence-electron chi connectivity index (χ1n) is 6.80. The van der Waals surface area contributed by atoms with E-state index in [0.29, 0.717) is 11.5 Å². The predicted octanol–water partition coefficient (Wildman–Crippen LogP) is 4.38. The molecule has 0 amide bonds. The third-order valence-corrected chi connectivity index (χ3v) is 3.27. The third-order valence-electron chi connectivity index (χ3n) is 3.27. The highest BCUT2D eigenvalue weighted by atomic mass is 19.2. The molecule has 21 heavy (non-hydrogen) atoms. The van der Waals surface area contributed by atoms with Gasteiger partial charge in [0.1, 0.15) is 6.10 Å². The van der Waals surface area contributed by atoms with Crippen LogP contribution < -0.4 is 0 Å². The van der Waals surface area contributed by atoms with Gasteiger partial charge in [0.25, 0.3) is 0 Å². The van der Waals surface area contributed by atoms with Crippen LogP contribution in [-0.4, -0.2) is 5.11 Å². The van der Waals surface area contributed by atoms with Gasteiger partial charge in [-0.15, -0.1) is 0 Å². The highest BCUT2D eigenvalue weighted by Crippen LogP contribution is 2.27. The zero-order valence-corrected chi connectivity index (χ0v) is 11.9. The van der Waals surface area contributed by atoms with E-state index in [2.05, 4.69) is 13.8 Å². The minimum Gasteiger partial charge on any atom is -0.384 e. The summed E-state index contributed by atoms with van der Waals surface area (Å²) in [7, 11) is 0. The molecule has 1 nitrogen and oxygen atoms in total. The summed E-state index contributed by atoms with van der Waals surface area (Å²) in [6, 6.07) is 8.94. The highest BCUT2D eigenvalue weighted by molar-refractivity contribution is 5.34. The van der Waals surface area contributed by atoms with Crippen molar-refractivity contribution in [1.29, 1.82) is 0 Å². The van der Waals surface area contributed by atoms with Crippen LogP contribution in [0.1, 0.15) is 36.6 Å². The van der Waals surface area contributed by atoms with Gasteiger partial charge in [0.15, 0.2) is 17.5 Å². The van der Waals surface area contributed by atoms with Crippen molar-refractivity contribution in [2.24, 2.45) is 5.92 Å². The van der Waals surface area contributed by atoms with Gasteiger partial charge in [0.05, 0.1) is 0 Å². The van der Waals surface area contributed by atoms with Crippen molar-refractivity contribution < 1.29 is 18.3 Å². The second kappa shape index (κ2) is 6.31. The second-order valence-corrected chi connectivity index (χ2v) is 5.51. The number of halogens is 3. The van der Waals surface area contributed by atoms with Crippen molar-refractivity contribution in [3.05, 3.63) is 70.5 Å². The molecule has 0 spiro atoms. The van der Waals surface area contributed by atoms with Crippen LogP contribution in [0.15, 0.2) is 36.4 Å². The molecule has 0 radical (unpaired) electrons. The van der Waals surface area contributed by atoms with E-state index >= 15 is 0 Å². The van der Waals surface area contributed by atoms with E-state index in [1.54, 1.807) is 18.2 Å². The molecule has 2 aromatic carbocycles. The van der Waals surface area contributed by atoms with Crippen molar-refractivity contribution in [2.75, 3.05) is 0 Å². The van der Waals surface area contributed by atoms with E-state index in [1.165, 1.54) is 0 Å². The quantitative estimate of drug-likeness (QED) is 0.829. The summed E-state index contributed by atoms with van der Waals surface area (Å²) in [5.74, 6) is -3.74. The van der Waals surface area contributed by atoms with Gasteiger partial charge in [-0.1, -0.05) is 44.2 Å². The summed E-state index contributed by atoms with van der Waals surface area (Å²) < 4.78 is 39.9. The SMILES string of the molecule is CC(C)Cc1cccc(C(O)c2ccc(F)c(F)c2F)c1. The van der Waals surface area contributed by atoms with E-state index in [9.17, 15) is 18.3 Å². The molecule has 112 valence electrons. The molecular weight excluding hydrogens is 277 g/mol. The molecule has 2 aromatic rings. The maximum atomic E-state index is 13.7. The Morgan fingerprint density at radius 1 is 1.00 bits per heavy atom. The average Bonchev–Trinajstić information content (AvgIpc) is 2.44. The lowest BCUT2D eigenvalue weighted by atomic mass is 9.96. The molecule has 1 N–H and O–H groups in total. The summed E-state index contributed by atoms with van der Waals surface area (Å²) in [6.45, 7) is 4.14. The van der Waals surface area contributed by atoms with E-state index in [0.717, 1.165) is 24.1 Å². The zero-order valence-electron chi connectivity index (χ0n) is 11.9. The van der Waals surface area contributed by atoms with Crippen molar-refractivity contribution in [3.63, 3.8) is 0 Å². The van der Waals surface area contributed by atoms with E-state index in [1.807, 2.05) is 6.07 Å². The van der Waals surface area contributed by atoms with Crippen LogP contribution in [0.2, 0.25) is 0 Å². The molecule has 2 rings (SSSR count). The Labute approximate surface area is 122 Å². The van der Waals surface area contributed by atoms with Gasteiger partial charge in [-0.3, -0.25) is 0 Å². The number of benzene rings is 2. The molecule has 0 aliphatic heterocycles. The minimum atomic E-state index is -1.56. The van der Waals surface area contributed by atoms with Crippen LogP contribution in [0.3, 0.4) is 0 Å². The lowest BCUT2D eigenvalue weighted by Gasteiger charge is -2.15. The zero-order chi connectivity index (χ0) is 15.6. The third kappa shape index (κ3) is 3.45. The van der Waals surface area contributed by atoms with E-state index in [4.69, 9.17) is 0 Å². The molecule has 0 saturated heterocycles. The van der Waals surface area contributed by atoms with Crippen LogP contribution in [-0.2, 0) is 6.42 Å². The van der Waals surface area contributed by atoms with Crippen molar-refractivity contribution >= 4 is 0 Å². The number of aliphatic hydroxyl groups excluding tert-OH is 1. The molecule has 0 fully saturated rings. The van der Waals surface area contributed by atoms with Gasteiger partial charge < -0.3 is 5.11 Å². The standard InChI is InChI=1S/C17H17F3O/c1-10(2)8-11-4-3-5-12(9-11)17(21)13-6-7-14(18)16(20)15(13)19/h3-7,9-10,17,21H,8H2,1-2H3. The van der Waals surface area contributed by atoms with Crippen LogP contribution in [0.5, 0.6) is 0 Å². The lowest BCUT2D eigenvalue weighted by Crippen LogP contribution is -2.06. The Kier molecular flexibility index (Phi) is 4.68. The molecular formula is C17H17F3O. The molecule has 4 heteroatoms. The Bertz CT molecular complexity index is 638. The first-order chi connectivity index (χ1) is 9.90. The molecule has 0 saturated carbocycles. The fourth-order valence-electron chi connectivity index (χ4n) is 2.29. The van der Waals surface area contributed by atoms with Crippen molar-refractivity contribution in [2.45, 2.75) is 26.4 Å². The summed E-state index contributed by atoms with van der Waals surface area (Å²) >= 11 is 0. The first-order valence-corrected chi connectivity index (χ1v) is 6.80. The number of hydrogen-bond acceptors (Lipinski definition) is 1. The number of hydrogen-bond donors (Lipinski definition) is 1. The van der Waals surface area contributed by atoms with Crippen LogP contribution in [0, 0.1) is 23.4 Å². The van der Waals surface area contributed by atoms with E-state index in [-0.39, 0.29) is 5.56 Å². The van der Waals surface area contributed by atoms with Gasteiger partial charge in [-0.05, 0) is 29.5 Å². The van der Waals surface area contributed by atoms with Crippen LogP contribution in [0.25, 0.3) is 0 Å². The number of aliphatic hydroxyl groups is 1. The second-order valence-electron chi connectivity index (χ2n) is 5.51. The largest absolute Gasteiger partial charge is 0.384 e. The molecule has 1 atom stereocenters. The number of rotatable bonds is 4. The van der Waals surface area contributed by atoms with Crippen LogP contribution >= 0.6 is 0 Å². The van der Waals surface area contributed by atoms with E-state index < -0.39 is 23.6 Å². The normalized spacial score (nSPS) is 12.7. The Morgan fingerprint density at radius 3 is 2.38 bits per heavy atom. The summed E-state index contributed by atoms with van der Waals surface area (Å²) in [6.07, 6.45) is -0.506. The molecule has 0 bridgehead atoms. The predicted molar refractivity (Wildman–Crippen MR) is 75.4 cm³/mol. The maximum absolute atomic E-state index is 13.7. The smallest absolute Gasteiger partial charge is 0.194 e. The van der Waals surface area contributed by atoms with Gasteiger partial charge in [0.2, 0.25) is 0 Å². The minimum absolute atomic E-state index is 0.268. The monoisotopic (exact) mass is 294 g/mol. The Morgan fingerprint density at radius 2 is 1.71 bits per heavy atom. The topological polar surface area (TPSA) is 20.2 Å². The Balaban J connectivity index is 2.36. The van der Waals surface area contributed by atoms with Gasteiger partial charge in [0, 0.05) is 5.56 Å². The van der Waals surface area contributed by atoms with Gasteiger partial charge in [-0.25, -0.2) is 13.2 Å². The first kappa shape index (κ1) is 15.6. The Hall–Kier alpha value is -1.81. The summed E-state index contributed by atoms with van der Waals surface area (Å²) in [4.78, 5) is 0. The van der Waals surface area contributed by atoms with Crippen molar-refractivity contribution in [3.8, 4) is 0 Å². The summed E-state index contributed by atoms with van der Waals surface area (Å²) in [5.41, 5.74) is 1.19. The average molecular weight is 294 g/mol. The van der Waals surface area contributed by atoms with Gasteiger partial charge >= 0.3 is 0 Å². The fraction of sp³-hybridized carbons (Fsp3) is 0.294. The molecule has 0 aliphatic carbocycles. The summed E-state index contributed by atoms with van der Waals surface area (Å²) in [5, 5.41) is 10.2. The highest BCUT2D eigenvalue weighted by Gasteiger charge is 2.20. The van der Waals surface area contributed by atoms with Crippen molar-refractivity contribution in [1.82, 2.24) is 0 Å². The molecule has 0 aromatic heterocycles.